The minimum absolute atomic E-state index is 0.0606. The number of hydrogen-bond donors (Lipinski definition) is 1. The van der Waals surface area contributed by atoms with Crippen molar-refractivity contribution < 1.29 is 4.52 Å². The van der Waals surface area contributed by atoms with Crippen LogP contribution in [0.15, 0.2) is 34.9 Å². The number of nitrogens with zero attached hydrogens (tertiary/aromatic N) is 2. The van der Waals surface area contributed by atoms with Gasteiger partial charge in [0.05, 0.1) is 11.5 Å². The molecule has 0 radical (unpaired) electrons. The molecule has 20 heavy (non-hydrogen) atoms. The normalized spacial score (nSPS) is 18.5. The Morgan fingerprint density at radius 1 is 1.30 bits per heavy atom. The first-order valence-corrected chi connectivity index (χ1v) is 7.41. The third-order valence-corrected chi connectivity index (χ3v) is 4.32. The zero-order valence-electron chi connectivity index (χ0n) is 11.9. The molecule has 106 valence electrons. The standard InChI is InChI=1S/C16H21N3O/c1-2-7-13(17)14-18-15(19-20-14)16(10-6-11-16)12-8-4-3-5-9-12/h3-5,8-9,13H,2,6-7,10-11,17H2,1H3/t13-/m0/s1. The first-order valence-electron chi connectivity index (χ1n) is 7.41. The Labute approximate surface area is 119 Å². The Morgan fingerprint density at radius 3 is 2.65 bits per heavy atom. The number of rotatable bonds is 5. The maximum Gasteiger partial charge on any atom is 0.243 e. The maximum atomic E-state index is 6.06. The van der Waals surface area contributed by atoms with Gasteiger partial charge in [0.1, 0.15) is 0 Å². The summed E-state index contributed by atoms with van der Waals surface area (Å²) in [4.78, 5) is 4.60. The topological polar surface area (TPSA) is 64.9 Å². The quantitative estimate of drug-likeness (QED) is 0.905. The smallest absolute Gasteiger partial charge is 0.243 e. The van der Waals surface area contributed by atoms with Crippen molar-refractivity contribution >= 4 is 0 Å². The van der Waals surface area contributed by atoms with Crippen LogP contribution >= 0.6 is 0 Å². The van der Waals surface area contributed by atoms with Crippen LogP contribution in [-0.4, -0.2) is 10.1 Å². The monoisotopic (exact) mass is 271 g/mol. The summed E-state index contributed by atoms with van der Waals surface area (Å²) in [7, 11) is 0. The van der Waals surface area contributed by atoms with Gasteiger partial charge < -0.3 is 10.3 Å². The van der Waals surface area contributed by atoms with E-state index in [1.807, 2.05) is 6.07 Å². The number of benzene rings is 1. The summed E-state index contributed by atoms with van der Waals surface area (Å²) in [6, 6.07) is 10.3. The highest BCUT2D eigenvalue weighted by Gasteiger charge is 2.44. The molecule has 0 amide bonds. The van der Waals surface area contributed by atoms with Crippen LogP contribution in [-0.2, 0) is 5.41 Å². The summed E-state index contributed by atoms with van der Waals surface area (Å²) in [6.45, 7) is 2.11. The van der Waals surface area contributed by atoms with Gasteiger partial charge in [-0.1, -0.05) is 55.3 Å². The van der Waals surface area contributed by atoms with Crippen LogP contribution in [0.3, 0.4) is 0 Å². The molecule has 0 saturated heterocycles. The minimum Gasteiger partial charge on any atom is -0.338 e. The van der Waals surface area contributed by atoms with Gasteiger partial charge in [0, 0.05) is 0 Å². The summed E-state index contributed by atoms with van der Waals surface area (Å²) in [5.74, 6) is 1.38. The van der Waals surface area contributed by atoms with Crippen LogP contribution < -0.4 is 5.73 Å². The largest absolute Gasteiger partial charge is 0.338 e. The molecular formula is C16H21N3O. The Hall–Kier alpha value is -1.68. The molecule has 1 aliphatic carbocycles. The predicted octanol–water partition coefficient (Wildman–Crippen LogP) is 3.34. The van der Waals surface area contributed by atoms with Gasteiger partial charge in [-0.2, -0.15) is 4.98 Å². The SMILES string of the molecule is CCC[C@H](N)c1nc(C2(c3ccccc3)CCC2)no1. The zero-order valence-corrected chi connectivity index (χ0v) is 11.9. The summed E-state index contributed by atoms with van der Waals surface area (Å²) in [5, 5.41) is 4.22. The van der Waals surface area contributed by atoms with Gasteiger partial charge in [0.2, 0.25) is 5.89 Å². The Morgan fingerprint density at radius 2 is 2.05 bits per heavy atom. The first kappa shape index (κ1) is 13.3. The molecule has 2 aromatic rings. The summed E-state index contributed by atoms with van der Waals surface area (Å²) < 4.78 is 5.40. The van der Waals surface area contributed by atoms with Gasteiger partial charge in [-0.3, -0.25) is 0 Å². The Kier molecular flexibility index (Phi) is 3.57. The Balaban J connectivity index is 1.91. The van der Waals surface area contributed by atoms with Crippen LogP contribution in [0, 0.1) is 0 Å². The molecule has 4 heteroatoms. The molecule has 1 fully saturated rings. The van der Waals surface area contributed by atoms with Gasteiger partial charge in [-0.25, -0.2) is 0 Å². The van der Waals surface area contributed by atoms with Crippen LogP contribution in [0.25, 0.3) is 0 Å². The zero-order chi connectivity index (χ0) is 14.0. The fourth-order valence-corrected chi connectivity index (χ4v) is 2.94. The highest BCUT2D eigenvalue weighted by Crippen LogP contribution is 2.47. The van der Waals surface area contributed by atoms with E-state index in [9.17, 15) is 0 Å². The van der Waals surface area contributed by atoms with Crippen molar-refractivity contribution in [1.29, 1.82) is 0 Å². The lowest BCUT2D eigenvalue weighted by molar-refractivity contribution is 0.269. The highest BCUT2D eigenvalue weighted by molar-refractivity contribution is 5.35. The van der Waals surface area contributed by atoms with Crippen LogP contribution in [0.1, 0.15) is 62.3 Å². The van der Waals surface area contributed by atoms with E-state index in [1.54, 1.807) is 0 Å². The lowest BCUT2D eigenvalue weighted by Crippen LogP contribution is -2.36. The van der Waals surface area contributed by atoms with Crippen LogP contribution in [0.4, 0.5) is 0 Å². The second-order valence-electron chi connectivity index (χ2n) is 5.65. The number of nitrogens with two attached hydrogens (primary N) is 1. The molecule has 1 aliphatic rings. The lowest BCUT2D eigenvalue weighted by atomic mass is 9.64. The van der Waals surface area contributed by atoms with Crippen molar-refractivity contribution in [3.8, 4) is 0 Å². The fraction of sp³-hybridized carbons (Fsp3) is 0.500. The van der Waals surface area contributed by atoms with E-state index in [0.717, 1.165) is 31.5 Å². The number of hydrogen-bond acceptors (Lipinski definition) is 4. The van der Waals surface area contributed by atoms with E-state index in [2.05, 4.69) is 41.3 Å². The van der Waals surface area contributed by atoms with Gasteiger partial charge in [0.15, 0.2) is 5.82 Å². The fourth-order valence-electron chi connectivity index (χ4n) is 2.94. The molecule has 1 aromatic carbocycles. The third-order valence-electron chi connectivity index (χ3n) is 4.32. The first-order chi connectivity index (χ1) is 9.76. The molecule has 0 unspecified atom stereocenters. The molecule has 4 nitrogen and oxygen atoms in total. The molecule has 0 bridgehead atoms. The number of aromatic nitrogens is 2. The van der Waals surface area contributed by atoms with Gasteiger partial charge in [-0.05, 0) is 24.8 Å². The summed E-state index contributed by atoms with van der Waals surface area (Å²) in [5.41, 5.74) is 7.28. The van der Waals surface area contributed by atoms with Gasteiger partial charge in [0.25, 0.3) is 0 Å². The third kappa shape index (κ3) is 2.14. The van der Waals surface area contributed by atoms with Gasteiger partial charge >= 0.3 is 0 Å². The van der Waals surface area contributed by atoms with E-state index in [4.69, 9.17) is 10.3 Å². The van der Waals surface area contributed by atoms with Gasteiger partial charge in [-0.15, -0.1) is 0 Å². The van der Waals surface area contributed by atoms with Crippen molar-refractivity contribution in [1.82, 2.24) is 10.1 Å². The lowest BCUT2D eigenvalue weighted by Gasteiger charge is -2.39. The van der Waals surface area contributed by atoms with Crippen molar-refractivity contribution in [3.05, 3.63) is 47.6 Å². The average molecular weight is 271 g/mol. The molecule has 1 atom stereocenters. The molecule has 0 aliphatic heterocycles. The molecule has 2 N–H and O–H groups in total. The van der Waals surface area contributed by atoms with E-state index in [1.165, 1.54) is 12.0 Å². The van der Waals surface area contributed by atoms with E-state index >= 15 is 0 Å². The molecule has 1 aromatic heterocycles. The van der Waals surface area contributed by atoms with Crippen molar-refractivity contribution in [2.24, 2.45) is 5.73 Å². The molecule has 1 saturated carbocycles. The van der Waals surface area contributed by atoms with E-state index < -0.39 is 0 Å². The molecule has 3 rings (SSSR count). The minimum atomic E-state index is -0.144. The van der Waals surface area contributed by atoms with Crippen molar-refractivity contribution in [2.45, 2.75) is 50.5 Å². The predicted molar refractivity (Wildman–Crippen MR) is 77.2 cm³/mol. The molecular weight excluding hydrogens is 250 g/mol. The average Bonchev–Trinajstić information content (AvgIpc) is 2.89. The summed E-state index contributed by atoms with van der Waals surface area (Å²) in [6.07, 6.45) is 5.26. The van der Waals surface area contributed by atoms with E-state index in [0.29, 0.717) is 5.89 Å². The highest BCUT2D eigenvalue weighted by atomic mass is 16.5. The van der Waals surface area contributed by atoms with Crippen molar-refractivity contribution in [3.63, 3.8) is 0 Å². The second kappa shape index (κ2) is 5.37. The van der Waals surface area contributed by atoms with Crippen LogP contribution in [0.2, 0.25) is 0 Å². The molecule has 1 heterocycles. The van der Waals surface area contributed by atoms with Crippen molar-refractivity contribution in [2.75, 3.05) is 0 Å². The maximum absolute atomic E-state index is 6.06. The second-order valence-corrected chi connectivity index (χ2v) is 5.65. The van der Waals surface area contributed by atoms with E-state index in [-0.39, 0.29) is 11.5 Å². The molecule has 0 spiro atoms. The Bertz CT molecular complexity index is 560. The van der Waals surface area contributed by atoms with Crippen LogP contribution in [0.5, 0.6) is 0 Å². The summed E-state index contributed by atoms with van der Waals surface area (Å²) >= 11 is 0.